The Morgan fingerprint density at radius 3 is 2.80 bits per heavy atom. The average Bonchev–Trinajstić information content (AvgIpc) is 3.13. The molecule has 140 valence electrons. The molecule has 3 heterocycles. The molecule has 0 aromatic carbocycles. The van der Waals surface area contributed by atoms with Crippen LogP contribution in [0.2, 0.25) is 0 Å². The van der Waals surface area contributed by atoms with Crippen LogP contribution in [-0.2, 0) is 7.05 Å². The topological polar surface area (TPSA) is 62.2 Å². The molecule has 1 aliphatic rings. The molecule has 0 saturated carbocycles. The van der Waals surface area contributed by atoms with Gasteiger partial charge in [-0.25, -0.2) is 0 Å². The fourth-order valence-electron chi connectivity index (χ4n) is 3.13. The van der Waals surface area contributed by atoms with Crippen molar-refractivity contribution in [3.8, 4) is 0 Å². The molecule has 0 bridgehead atoms. The van der Waals surface area contributed by atoms with Crippen LogP contribution in [0.5, 0.6) is 0 Å². The van der Waals surface area contributed by atoms with Crippen LogP contribution < -0.4 is 10.6 Å². The van der Waals surface area contributed by atoms with E-state index in [1.54, 1.807) is 0 Å². The number of fused-ring (bicyclic) bond motifs is 1. The van der Waals surface area contributed by atoms with Gasteiger partial charge in [-0.1, -0.05) is 13.8 Å². The summed E-state index contributed by atoms with van der Waals surface area (Å²) in [6.45, 7) is 10.4. The lowest BCUT2D eigenvalue weighted by atomic mass is 10.1. The van der Waals surface area contributed by atoms with Gasteiger partial charge in [0.15, 0.2) is 0 Å². The number of amides is 1. The number of piperazine rings is 1. The second kappa shape index (κ2) is 8.98. The van der Waals surface area contributed by atoms with Crippen LogP contribution >= 0.6 is 23.7 Å². The van der Waals surface area contributed by atoms with Gasteiger partial charge >= 0.3 is 0 Å². The first-order valence-corrected chi connectivity index (χ1v) is 9.55. The number of thiophene rings is 1. The Kier molecular flexibility index (Phi) is 7.25. The molecule has 0 unspecified atom stereocenters. The Bertz CT molecular complexity index is 705. The number of aromatic nitrogens is 2. The van der Waals surface area contributed by atoms with E-state index in [9.17, 15) is 4.79 Å². The van der Waals surface area contributed by atoms with Crippen molar-refractivity contribution in [1.82, 2.24) is 25.3 Å². The zero-order chi connectivity index (χ0) is 17.1. The molecule has 0 radical (unpaired) electrons. The molecule has 1 aliphatic heterocycles. The largest absolute Gasteiger partial charge is 0.351 e. The van der Waals surface area contributed by atoms with Crippen LogP contribution in [0.4, 0.5) is 0 Å². The van der Waals surface area contributed by atoms with Gasteiger partial charge in [-0.15, -0.1) is 23.7 Å². The molecule has 6 nitrogen and oxygen atoms in total. The molecule has 0 spiro atoms. The van der Waals surface area contributed by atoms with Gasteiger partial charge in [0.1, 0.15) is 4.83 Å². The quantitative estimate of drug-likeness (QED) is 0.748. The number of aryl methyl sites for hydroxylation is 1. The first-order valence-electron chi connectivity index (χ1n) is 8.74. The molecule has 1 saturated heterocycles. The van der Waals surface area contributed by atoms with Crippen molar-refractivity contribution in [2.75, 3.05) is 39.3 Å². The molecule has 3 rings (SSSR count). The maximum atomic E-state index is 12.4. The Hall–Kier alpha value is -1.15. The summed E-state index contributed by atoms with van der Waals surface area (Å²) < 4.78 is 1.89. The summed E-state index contributed by atoms with van der Waals surface area (Å²) in [6, 6.07) is 1.99. The van der Waals surface area contributed by atoms with Gasteiger partial charge in [0.2, 0.25) is 0 Å². The third kappa shape index (κ3) is 4.73. The lowest BCUT2D eigenvalue weighted by molar-refractivity contribution is 0.0955. The molecule has 1 amide bonds. The average molecular weight is 386 g/mol. The van der Waals surface area contributed by atoms with E-state index in [2.05, 4.69) is 34.5 Å². The summed E-state index contributed by atoms with van der Waals surface area (Å²) in [5.41, 5.74) is 1.07. The lowest BCUT2D eigenvalue weighted by Crippen LogP contribution is -2.44. The van der Waals surface area contributed by atoms with Gasteiger partial charge < -0.3 is 15.5 Å². The number of carbonyl (C=O) groups is 1. The number of carbonyl (C=O) groups excluding carboxylic acids is 1. The highest BCUT2D eigenvalue weighted by molar-refractivity contribution is 7.20. The number of nitrogens with zero attached hydrogens (tertiary/aromatic N) is 3. The smallest absolute Gasteiger partial charge is 0.261 e. The van der Waals surface area contributed by atoms with Crippen LogP contribution in [-0.4, -0.2) is 59.9 Å². The van der Waals surface area contributed by atoms with Gasteiger partial charge in [-0.2, -0.15) is 5.10 Å². The highest BCUT2D eigenvalue weighted by Crippen LogP contribution is 2.31. The molecular formula is C17H28ClN5OS. The second-order valence-electron chi connectivity index (χ2n) is 6.69. The first-order chi connectivity index (χ1) is 11.6. The van der Waals surface area contributed by atoms with Crippen LogP contribution in [0, 0.1) is 0 Å². The Morgan fingerprint density at radius 2 is 2.12 bits per heavy atom. The third-order valence-corrected chi connectivity index (χ3v) is 5.66. The summed E-state index contributed by atoms with van der Waals surface area (Å²) in [5.74, 6) is 0.393. The number of nitrogens with one attached hydrogen (secondary N) is 2. The van der Waals surface area contributed by atoms with Crippen molar-refractivity contribution in [3.63, 3.8) is 0 Å². The van der Waals surface area contributed by atoms with Crippen LogP contribution in [0.25, 0.3) is 10.2 Å². The molecule has 1 fully saturated rings. The predicted molar refractivity (Wildman–Crippen MR) is 106 cm³/mol. The van der Waals surface area contributed by atoms with E-state index < -0.39 is 0 Å². The molecule has 25 heavy (non-hydrogen) atoms. The highest BCUT2D eigenvalue weighted by atomic mass is 35.5. The zero-order valence-electron chi connectivity index (χ0n) is 15.2. The van der Waals surface area contributed by atoms with Gasteiger partial charge in [0.05, 0.1) is 10.6 Å². The lowest BCUT2D eigenvalue weighted by Gasteiger charge is -2.27. The van der Waals surface area contributed by atoms with Crippen LogP contribution in [0.3, 0.4) is 0 Å². The maximum absolute atomic E-state index is 12.4. The summed E-state index contributed by atoms with van der Waals surface area (Å²) >= 11 is 1.53. The summed E-state index contributed by atoms with van der Waals surface area (Å²) in [4.78, 5) is 16.7. The number of hydrogen-bond acceptors (Lipinski definition) is 5. The van der Waals surface area contributed by atoms with Crippen molar-refractivity contribution in [3.05, 3.63) is 16.6 Å². The van der Waals surface area contributed by atoms with Crippen molar-refractivity contribution in [1.29, 1.82) is 0 Å². The molecule has 2 aromatic heterocycles. The highest BCUT2D eigenvalue weighted by Gasteiger charge is 2.18. The molecule has 2 aromatic rings. The van der Waals surface area contributed by atoms with E-state index in [0.717, 1.165) is 66.5 Å². The minimum Gasteiger partial charge on any atom is -0.351 e. The number of rotatable bonds is 6. The predicted octanol–water partition coefficient (Wildman–Crippen LogP) is 2.21. The van der Waals surface area contributed by atoms with E-state index in [1.807, 2.05) is 17.8 Å². The summed E-state index contributed by atoms with van der Waals surface area (Å²) in [5, 5.41) is 12.1. The standard InChI is InChI=1S/C17H27N5OS.ClH/c1-12(2)15-13-11-14(24-17(13)21(3)20-15)16(23)19-5-4-8-22-9-6-18-7-10-22;/h11-12,18H,4-10H2,1-3H3,(H,19,23);1H. The molecule has 2 N–H and O–H groups in total. The van der Waals surface area contributed by atoms with Crippen LogP contribution in [0.15, 0.2) is 6.07 Å². The minimum absolute atomic E-state index is 0. The van der Waals surface area contributed by atoms with E-state index >= 15 is 0 Å². The Balaban J connectivity index is 0.00000225. The van der Waals surface area contributed by atoms with Gasteiger partial charge in [-0.3, -0.25) is 9.48 Å². The number of halogens is 1. The van der Waals surface area contributed by atoms with Gasteiger partial charge in [0, 0.05) is 45.2 Å². The monoisotopic (exact) mass is 385 g/mol. The third-order valence-electron chi connectivity index (χ3n) is 4.46. The first kappa shape index (κ1) is 20.2. The van der Waals surface area contributed by atoms with Gasteiger partial charge in [0.25, 0.3) is 5.91 Å². The van der Waals surface area contributed by atoms with Crippen LogP contribution in [0.1, 0.15) is 41.6 Å². The van der Waals surface area contributed by atoms with E-state index in [1.165, 1.54) is 11.3 Å². The SMILES string of the molecule is CC(C)c1nn(C)c2sc(C(=O)NCCCN3CCNCC3)cc12.Cl. The molecule has 0 atom stereocenters. The minimum atomic E-state index is 0. The Labute approximate surface area is 159 Å². The Morgan fingerprint density at radius 1 is 1.40 bits per heavy atom. The fraction of sp³-hybridized carbons (Fsp3) is 0.647. The van der Waals surface area contributed by atoms with Gasteiger partial charge in [-0.05, 0) is 24.9 Å². The molecule has 0 aliphatic carbocycles. The van der Waals surface area contributed by atoms with Crippen molar-refractivity contribution in [2.24, 2.45) is 7.05 Å². The van der Waals surface area contributed by atoms with Crippen molar-refractivity contribution < 1.29 is 4.79 Å². The molecular weight excluding hydrogens is 358 g/mol. The number of hydrogen-bond donors (Lipinski definition) is 2. The maximum Gasteiger partial charge on any atom is 0.261 e. The van der Waals surface area contributed by atoms with E-state index in [4.69, 9.17) is 0 Å². The van der Waals surface area contributed by atoms with Crippen molar-refractivity contribution in [2.45, 2.75) is 26.2 Å². The van der Waals surface area contributed by atoms with E-state index in [0.29, 0.717) is 5.92 Å². The second-order valence-corrected chi connectivity index (χ2v) is 7.72. The summed E-state index contributed by atoms with van der Waals surface area (Å²) in [6.07, 6.45) is 0.995. The summed E-state index contributed by atoms with van der Waals surface area (Å²) in [7, 11) is 1.94. The molecule has 8 heteroatoms. The fourth-order valence-corrected chi connectivity index (χ4v) is 4.13. The normalized spacial score (nSPS) is 15.5. The zero-order valence-corrected chi connectivity index (χ0v) is 16.8. The van der Waals surface area contributed by atoms with E-state index in [-0.39, 0.29) is 18.3 Å². The van der Waals surface area contributed by atoms with Crippen molar-refractivity contribution >= 4 is 39.9 Å².